The van der Waals surface area contributed by atoms with Gasteiger partial charge in [-0.15, -0.1) is 0 Å². The summed E-state index contributed by atoms with van der Waals surface area (Å²) in [5.74, 6) is 2.35. The van der Waals surface area contributed by atoms with Crippen molar-refractivity contribution in [3.05, 3.63) is 48.0 Å². The largest absolute Gasteiger partial charge is 0.454 e. The van der Waals surface area contributed by atoms with Crippen molar-refractivity contribution in [1.29, 1.82) is 0 Å². The normalized spacial score (nSPS) is 18.7. The minimum atomic E-state index is -0.646. The molecule has 1 atom stereocenters. The van der Waals surface area contributed by atoms with Crippen LogP contribution >= 0.6 is 0 Å². The Morgan fingerprint density at radius 3 is 2.84 bits per heavy atom. The summed E-state index contributed by atoms with van der Waals surface area (Å²) < 4.78 is 10.8. The molecule has 1 N–H and O–H groups in total. The van der Waals surface area contributed by atoms with Crippen molar-refractivity contribution < 1.29 is 14.6 Å². The minimum Gasteiger partial charge on any atom is -0.454 e. The fourth-order valence-electron chi connectivity index (χ4n) is 3.66. The van der Waals surface area contributed by atoms with E-state index in [0.717, 1.165) is 42.5 Å². The molecule has 0 spiro atoms. The van der Waals surface area contributed by atoms with Gasteiger partial charge in [-0.05, 0) is 36.2 Å². The molecule has 0 radical (unpaired) electrons. The van der Waals surface area contributed by atoms with Gasteiger partial charge in [-0.2, -0.15) is 0 Å². The lowest BCUT2D eigenvalue weighted by molar-refractivity contribution is 0.173. The number of ether oxygens (including phenoxy) is 2. The number of guanidine groups is 1. The summed E-state index contributed by atoms with van der Waals surface area (Å²) in [6.45, 7) is 2.48. The molecule has 3 aliphatic heterocycles. The SMILES string of the molecule is O[C@@H](CN1C2=NCCCN2c2ccccc21)c1ccc2c(c1)OCO2. The second-order valence-corrected chi connectivity index (χ2v) is 6.41. The minimum absolute atomic E-state index is 0.236. The van der Waals surface area contributed by atoms with E-state index in [1.165, 1.54) is 5.69 Å². The topological polar surface area (TPSA) is 57.5 Å². The van der Waals surface area contributed by atoms with Crippen LogP contribution in [0.3, 0.4) is 0 Å². The zero-order chi connectivity index (χ0) is 16.8. The number of benzene rings is 2. The smallest absolute Gasteiger partial charge is 0.231 e. The highest BCUT2D eigenvalue weighted by molar-refractivity contribution is 6.16. The molecule has 0 aliphatic carbocycles. The maximum Gasteiger partial charge on any atom is 0.231 e. The van der Waals surface area contributed by atoms with Crippen molar-refractivity contribution in [2.24, 2.45) is 4.99 Å². The van der Waals surface area contributed by atoms with E-state index in [0.29, 0.717) is 12.3 Å². The molecule has 0 saturated heterocycles. The molecule has 6 heteroatoms. The Bertz CT molecular complexity index is 852. The molecule has 3 heterocycles. The Balaban J connectivity index is 1.45. The van der Waals surface area contributed by atoms with Crippen molar-refractivity contribution in [2.45, 2.75) is 12.5 Å². The number of aliphatic hydroxyl groups excluding tert-OH is 1. The molecule has 3 aliphatic rings. The summed E-state index contributed by atoms with van der Waals surface area (Å²) in [4.78, 5) is 9.06. The van der Waals surface area contributed by atoms with E-state index >= 15 is 0 Å². The average molecular weight is 337 g/mol. The van der Waals surface area contributed by atoms with Gasteiger partial charge in [0.25, 0.3) is 0 Å². The quantitative estimate of drug-likeness (QED) is 0.933. The standard InChI is InChI=1S/C19H19N3O3/c23-16(13-6-7-17-18(10-13)25-12-24-17)11-22-15-5-2-1-4-14(15)21-9-3-8-20-19(21)22/h1-2,4-7,10,16,23H,3,8-9,11-12H2/t16-/m0/s1. The van der Waals surface area contributed by atoms with Gasteiger partial charge in [0.15, 0.2) is 11.5 Å². The van der Waals surface area contributed by atoms with Gasteiger partial charge in [0.05, 0.1) is 24.0 Å². The van der Waals surface area contributed by atoms with Crippen LogP contribution in [0.15, 0.2) is 47.5 Å². The van der Waals surface area contributed by atoms with Crippen LogP contribution in [0.4, 0.5) is 11.4 Å². The third kappa shape index (κ3) is 2.33. The third-order valence-electron chi connectivity index (χ3n) is 4.88. The van der Waals surface area contributed by atoms with E-state index in [2.05, 4.69) is 21.9 Å². The Hall–Kier alpha value is -2.73. The molecule has 0 aromatic heterocycles. The second-order valence-electron chi connectivity index (χ2n) is 6.41. The van der Waals surface area contributed by atoms with Gasteiger partial charge in [-0.3, -0.25) is 4.99 Å². The molecule has 128 valence electrons. The van der Waals surface area contributed by atoms with Gasteiger partial charge in [-0.25, -0.2) is 0 Å². The molecule has 0 unspecified atom stereocenters. The molecular formula is C19H19N3O3. The summed E-state index contributed by atoms with van der Waals surface area (Å²) >= 11 is 0. The Labute approximate surface area is 145 Å². The first-order valence-electron chi connectivity index (χ1n) is 8.57. The first kappa shape index (κ1) is 14.6. The third-order valence-corrected chi connectivity index (χ3v) is 4.88. The van der Waals surface area contributed by atoms with Crippen molar-refractivity contribution in [3.63, 3.8) is 0 Å². The Kier molecular flexibility index (Phi) is 3.31. The molecule has 0 amide bonds. The molecule has 5 rings (SSSR count). The lowest BCUT2D eigenvalue weighted by Crippen LogP contribution is -2.43. The van der Waals surface area contributed by atoms with Gasteiger partial charge in [0.1, 0.15) is 0 Å². The van der Waals surface area contributed by atoms with E-state index in [9.17, 15) is 5.11 Å². The molecule has 25 heavy (non-hydrogen) atoms. The van der Waals surface area contributed by atoms with Crippen LogP contribution < -0.4 is 19.3 Å². The molecule has 0 saturated carbocycles. The predicted molar refractivity (Wildman–Crippen MR) is 95.6 cm³/mol. The fourth-order valence-corrected chi connectivity index (χ4v) is 3.66. The van der Waals surface area contributed by atoms with E-state index in [4.69, 9.17) is 14.5 Å². The van der Waals surface area contributed by atoms with Crippen LogP contribution in [0.5, 0.6) is 11.5 Å². The van der Waals surface area contributed by atoms with E-state index in [-0.39, 0.29) is 6.79 Å². The number of aliphatic imine (C=N–C) groups is 1. The molecule has 2 aromatic rings. The molecule has 0 fully saturated rings. The number of hydrogen-bond donors (Lipinski definition) is 1. The monoisotopic (exact) mass is 337 g/mol. The summed E-state index contributed by atoms with van der Waals surface area (Å²) in [5, 5.41) is 10.8. The molecule has 0 bridgehead atoms. The number of para-hydroxylation sites is 2. The van der Waals surface area contributed by atoms with E-state index in [1.807, 2.05) is 30.3 Å². The highest BCUT2D eigenvalue weighted by Gasteiger charge is 2.35. The van der Waals surface area contributed by atoms with Crippen LogP contribution in [0.25, 0.3) is 0 Å². The van der Waals surface area contributed by atoms with Crippen LogP contribution in [0, 0.1) is 0 Å². The van der Waals surface area contributed by atoms with Gasteiger partial charge in [-0.1, -0.05) is 18.2 Å². The summed E-state index contributed by atoms with van der Waals surface area (Å²) in [7, 11) is 0. The zero-order valence-corrected chi connectivity index (χ0v) is 13.8. The number of hydrogen-bond acceptors (Lipinski definition) is 6. The Morgan fingerprint density at radius 1 is 1.08 bits per heavy atom. The van der Waals surface area contributed by atoms with Crippen molar-refractivity contribution in [1.82, 2.24) is 0 Å². The number of fused-ring (bicyclic) bond motifs is 4. The zero-order valence-electron chi connectivity index (χ0n) is 13.8. The number of aliphatic hydroxyl groups is 1. The maximum atomic E-state index is 10.8. The van der Waals surface area contributed by atoms with Gasteiger partial charge in [0, 0.05) is 13.1 Å². The molecule has 2 aromatic carbocycles. The summed E-state index contributed by atoms with van der Waals surface area (Å²) in [5.41, 5.74) is 3.08. The number of rotatable bonds is 3. The number of β-amino-alcohol motifs (C(OH)–C–C–N with tert-alkyl or cyclic N) is 1. The fraction of sp³-hybridized carbons (Fsp3) is 0.316. The Morgan fingerprint density at radius 2 is 1.92 bits per heavy atom. The lowest BCUT2D eigenvalue weighted by Gasteiger charge is -2.28. The second kappa shape index (κ2) is 5.67. The predicted octanol–water partition coefficient (Wildman–Crippen LogP) is 2.54. The van der Waals surface area contributed by atoms with E-state index < -0.39 is 6.10 Å². The summed E-state index contributed by atoms with van der Waals surface area (Å²) in [6.07, 6.45) is 0.406. The highest BCUT2D eigenvalue weighted by atomic mass is 16.7. The summed E-state index contributed by atoms with van der Waals surface area (Å²) in [6, 6.07) is 13.9. The first-order chi connectivity index (χ1) is 12.3. The van der Waals surface area contributed by atoms with Crippen LogP contribution in [-0.2, 0) is 0 Å². The maximum absolute atomic E-state index is 10.8. The highest BCUT2D eigenvalue weighted by Crippen LogP contribution is 2.40. The molecular weight excluding hydrogens is 318 g/mol. The van der Waals surface area contributed by atoms with E-state index in [1.54, 1.807) is 0 Å². The average Bonchev–Trinajstić information content (AvgIpc) is 3.25. The van der Waals surface area contributed by atoms with Crippen molar-refractivity contribution >= 4 is 17.3 Å². The van der Waals surface area contributed by atoms with Crippen molar-refractivity contribution in [2.75, 3.05) is 36.2 Å². The van der Waals surface area contributed by atoms with Crippen molar-refractivity contribution in [3.8, 4) is 11.5 Å². The van der Waals surface area contributed by atoms with Crippen LogP contribution in [0.2, 0.25) is 0 Å². The first-order valence-corrected chi connectivity index (χ1v) is 8.57. The number of nitrogens with zero attached hydrogens (tertiary/aromatic N) is 3. The van der Waals surface area contributed by atoms with Crippen LogP contribution in [0.1, 0.15) is 18.1 Å². The lowest BCUT2D eigenvalue weighted by atomic mass is 10.1. The van der Waals surface area contributed by atoms with Gasteiger partial charge in [0.2, 0.25) is 12.8 Å². The van der Waals surface area contributed by atoms with Crippen LogP contribution in [-0.4, -0.2) is 37.5 Å². The van der Waals surface area contributed by atoms with Gasteiger partial charge >= 0.3 is 0 Å². The molecule has 6 nitrogen and oxygen atoms in total. The number of anilines is 2. The van der Waals surface area contributed by atoms with Gasteiger partial charge < -0.3 is 24.4 Å².